The first kappa shape index (κ1) is 18.8. The number of benzene rings is 1. The number of nitrogens with zero attached hydrogens (tertiary/aromatic N) is 4. The fourth-order valence-corrected chi connectivity index (χ4v) is 3.17. The summed E-state index contributed by atoms with van der Waals surface area (Å²) in [5.41, 5.74) is 10.5. The fourth-order valence-electron chi connectivity index (χ4n) is 3.17. The van der Waals surface area contributed by atoms with Crippen molar-refractivity contribution < 1.29 is 4.79 Å². The monoisotopic (exact) mass is 363 g/mol. The molecule has 0 atom stereocenters. The Morgan fingerprint density at radius 1 is 1.04 bits per heavy atom. The van der Waals surface area contributed by atoms with Crippen LogP contribution in [-0.4, -0.2) is 38.8 Å². The number of pyridine rings is 1. The van der Waals surface area contributed by atoms with Gasteiger partial charge < -0.3 is 10.6 Å². The van der Waals surface area contributed by atoms with E-state index in [-0.39, 0.29) is 11.9 Å². The first-order chi connectivity index (χ1) is 13.1. The maximum atomic E-state index is 12.7. The van der Waals surface area contributed by atoms with Crippen molar-refractivity contribution in [2.24, 2.45) is 0 Å². The molecule has 0 aliphatic rings. The van der Waals surface area contributed by atoms with Gasteiger partial charge in [-0.25, -0.2) is 15.0 Å². The van der Waals surface area contributed by atoms with E-state index >= 15 is 0 Å². The van der Waals surface area contributed by atoms with Gasteiger partial charge in [0.15, 0.2) is 0 Å². The highest BCUT2D eigenvalue weighted by Crippen LogP contribution is 2.24. The van der Waals surface area contributed by atoms with Gasteiger partial charge in [0.2, 0.25) is 5.95 Å². The normalized spacial score (nSPS) is 10.9. The van der Waals surface area contributed by atoms with Crippen molar-refractivity contribution in [2.45, 2.75) is 33.6 Å². The number of carbonyl (C=O) groups is 1. The van der Waals surface area contributed by atoms with Gasteiger partial charge in [0.1, 0.15) is 5.52 Å². The third kappa shape index (κ3) is 3.89. The first-order valence-corrected chi connectivity index (χ1v) is 9.40. The van der Waals surface area contributed by atoms with Crippen LogP contribution in [0.2, 0.25) is 0 Å². The minimum Gasteiger partial charge on any atom is -0.368 e. The molecule has 0 saturated heterocycles. The lowest BCUT2D eigenvalue weighted by atomic mass is 10.1. The number of carbonyl (C=O) groups excluding carboxylic acids is 1. The maximum absolute atomic E-state index is 12.7. The van der Waals surface area contributed by atoms with Crippen molar-refractivity contribution in [2.75, 3.05) is 18.8 Å². The molecule has 2 N–H and O–H groups in total. The quantitative estimate of drug-likeness (QED) is 0.721. The van der Waals surface area contributed by atoms with Gasteiger partial charge in [0.25, 0.3) is 5.91 Å². The lowest BCUT2D eigenvalue weighted by Gasteiger charge is -2.19. The van der Waals surface area contributed by atoms with Crippen LogP contribution in [0.3, 0.4) is 0 Å². The lowest BCUT2D eigenvalue weighted by Crippen LogP contribution is -2.30. The fraction of sp³-hybridized carbons (Fsp3) is 0.333. The Labute approximate surface area is 159 Å². The second-order valence-electron chi connectivity index (χ2n) is 6.40. The minimum absolute atomic E-state index is 0.0328. The van der Waals surface area contributed by atoms with Gasteiger partial charge in [0, 0.05) is 24.2 Å². The molecular formula is C21H25N5O. The smallest absolute Gasteiger partial charge is 0.253 e. The van der Waals surface area contributed by atoms with Crippen LogP contribution in [0.1, 0.15) is 43.2 Å². The zero-order chi connectivity index (χ0) is 19.4. The van der Waals surface area contributed by atoms with Crippen LogP contribution in [0.5, 0.6) is 0 Å². The number of aromatic nitrogens is 3. The number of fused-ring (bicyclic) bond motifs is 1. The largest absolute Gasteiger partial charge is 0.368 e. The number of nitrogens with two attached hydrogens (primary N) is 1. The van der Waals surface area contributed by atoms with Crippen LogP contribution in [0, 0.1) is 0 Å². The molecule has 3 aromatic rings. The molecule has 27 heavy (non-hydrogen) atoms. The lowest BCUT2D eigenvalue weighted by molar-refractivity contribution is 0.0773. The highest BCUT2D eigenvalue weighted by molar-refractivity contribution is 5.95. The third-order valence-corrected chi connectivity index (χ3v) is 4.57. The first-order valence-electron chi connectivity index (χ1n) is 9.40. The molecular weight excluding hydrogens is 338 g/mol. The standard InChI is InChI=1S/C21H25N5O/c1-4-8-17-19-18(25-21(22)24-17)12-11-16(23-19)14-9-7-10-15(13-14)20(27)26(5-2)6-3/h7,9-13H,4-6,8H2,1-3H3,(H2,22,24,25). The third-order valence-electron chi connectivity index (χ3n) is 4.57. The van der Waals surface area contributed by atoms with E-state index in [1.807, 2.05) is 55.1 Å². The zero-order valence-corrected chi connectivity index (χ0v) is 16.1. The van der Waals surface area contributed by atoms with Crippen LogP contribution < -0.4 is 5.73 Å². The number of amides is 1. The van der Waals surface area contributed by atoms with E-state index in [0.29, 0.717) is 18.7 Å². The van der Waals surface area contributed by atoms with E-state index in [1.165, 1.54) is 0 Å². The van der Waals surface area contributed by atoms with E-state index in [0.717, 1.165) is 40.8 Å². The summed E-state index contributed by atoms with van der Waals surface area (Å²) in [7, 11) is 0. The van der Waals surface area contributed by atoms with E-state index in [9.17, 15) is 4.79 Å². The Hall–Kier alpha value is -3.02. The SMILES string of the molecule is CCCc1nc(N)nc2ccc(-c3cccc(C(=O)N(CC)CC)c3)nc12. The van der Waals surface area contributed by atoms with Crippen molar-refractivity contribution in [3.05, 3.63) is 47.7 Å². The van der Waals surface area contributed by atoms with Gasteiger partial charge in [-0.05, 0) is 44.5 Å². The summed E-state index contributed by atoms with van der Waals surface area (Å²) in [5.74, 6) is 0.303. The van der Waals surface area contributed by atoms with E-state index in [1.54, 1.807) is 0 Å². The molecule has 0 spiro atoms. The molecule has 140 valence electrons. The van der Waals surface area contributed by atoms with Gasteiger partial charge >= 0.3 is 0 Å². The number of anilines is 1. The predicted molar refractivity (Wildman–Crippen MR) is 108 cm³/mol. The zero-order valence-electron chi connectivity index (χ0n) is 16.1. The number of hydrogen-bond donors (Lipinski definition) is 1. The molecule has 6 heteroatoms. The molecule has 0 fully saturated rings. The summed E-state index contributed by atoms with van der Waals surface area (Å²) in [6.07, 6.45) is 1.74. The molecule has 0 aliphatic heterocycles. The second-order valence-corrected chi connectivity index (χ2v) is 6.40. The Morgan fingerprint density at radius 3 is 2.52 bits per heavy atom. The van der Waals surface area contributed by atoms with Crippen LogP contribution in [0.4, 0.5) is 5.95 Å². The highest BCUT2D eigenvalue weighted by atomic mass is 16.2. The number of nitrogen functional groups attached to an aromatic ring is 1. The summed E-state index contributed by atoms with van der Waals surface area (Å²) in [6, 6.07) is 11.4. The van der Waals surface area contributed by atoms with Crippen molar-refractivity contribution >= 4 is 22.9 Å². The number of aryl methyl sites for hydroxylation is 1. The topological polar surface area (TPSA) is 85.0 Å². The van der Waals surface area contributed by atoms with Gasteiger partial charge in [0.05, 0.1) is 16.9 Å². The molecule has 3 rings (SSSR count). The molecule has 2 aromatic heterocycles. The van der Waals surface area contributed by atoms with E-state index in [4.69, 9.17) is 10.7 Å². The minimum atomic E-state index is 0.0328. The molecule has 2 heterocycles. The molecule has 1 aromatic carbocycles. The molecule has 0 unspecified atom stereocenters. The van der Waals surface area contributed by atoms with E-state index in [2.05, 4.69) is 16.9 Å². The summed E-state index contributed by atoms with van der Waals surface area (Å²) in [5, 5.41) is 0. The Balaban J connectivity index is 2.05. The molecule has 0 bridgehead atoms. The summed E-state index contributed by atoms with van der Waals surface area (Å²) >= 11 is 0. The van der Waals surface area contributed by atoms with Crippen LogP contribution >= 0.6 is 0 Å². The summed E-state index contributed by atoms with van der Waals surface area (Å²) in [6.45, 7) is 7.43. The van der Waals surface area contributed by atoms with E-state index < -0.39 is 0 Å². The van der Waals surface area contributed by atoms with Crippen LogP contribution in [0.25, 0.3) is 22.3 Å². The Bertz CT molecular complexity index is 966. The van der Waals surface area contributed by atoms with Gasteiger partial charge in [-0.2, -0.15) is 0 Å². The van der Waals surface area contributed by atoms with Gasteiger partial charge in [-0.3, -0.25) is 4.79 Å². The summed E-state index contributed by atoms with van der Waals surface area (Å²) in [4.78, 5) is 27.9. The molecule has 6 nitrogen and oxygen atoms in total. The molecule has 0 aliphatic carbocycles. The molecule has 0 radical (unpaired) electrons. The van der Waals surface area contributed by atoms with Crippen molar-refractivity contribution in [3.8, 4) is 11.3 Å². The number of rotatable bonds is 6. The van der Waals surface area contributed by atoms with Crippen molar-refractivity contribution in [1.29, 1.82) is 0 Å². The van der Waals surface area contributed by atoms with Crippen molar-refractivity contribution in [1.82, 2.24) is 19.9 Å². The Kier molecular flexibility index (Phi) is 5.64. The average Bonchev–Trinajstić information content (AvgIpc) is 2.69. The highest BCUT2D eigenvalue weighted by Gasteiger charge is 2.14. The van der Waals surface area contributed by atoms with Gasteiger partial charge in [-0.15, -0.1) is 0 Å². The maximum Gasteiger partial charge on any atom is 0.253 e. The van der Waals surface area contributed by atoms with Crippen molar-refractivity contribution in [3.63, 3.8) is 0 Å². The Morgan fingerprint density at radius 2 is 1.81 bits per heavy atom. The number of hydrogen-bond acceptors (Lipinski definition) is 5. The van der Waals surface area contributed by atoms with Crippen LogP contribution in [-0.2, 0) is 6.42 Å². The summed E-state index contributed by atoms with van der Waals surface area (Å²) < 4.78 is 0. The molecule has 0 saturated carbocycles. The van der Waals surface area contributed by atoms with Gasteiger partial charge in [-0.1, -0.05) is 25.5 Å². The van der Waals surface area contributed by atoms with Crippen LogP contribution in [0.15, 0.2) is 36.4 Å². The predicted octanol–water partition coefficient (Wildman–Crippen LogP) is 3.71. The second kappa shape index (κ2) is 8.12. The molecule has 1 amide bonds. The average molecular weight is 363 g/mol.